The Balaban J connectivity index is 1.64. The number of pyridine rings is 1. The number of hydrogen-bond donors (Lipinski definition) is 2. The molecular weight excluding hydrogens is 362 g/mol. The smallest absolute Gasteiger partial charge is 0.257 e. The number of hydrogen-bond acceptors (Lipinski definition) is 4. The summed E-state index contributed by atoms with van der Waals surface area (Å²) in [5, 5.41) is 14.6. The normalized spacial score (nSPS) is 16.4. The number of likely N-dealkylation sites (tertiary alicyclic amines) is 1. The number of nitrogens with one attached hydrogen (secondary N) is 1. The SMILES string of the molecule is CC(C)Nc1ncccc1C(=O)N1CCC([C@H](O)c2ccc(Cl)cc2)CC1. The second kappa shape index (κ2) is 8.72. The Labute approximate surface area is 165 Å². The molecule has 2 aromatic rings. The highest BCUT2D eigenvalue weighted by atomic mass is 35.5. The number of rotatable bonds is 5. The first kappa shape index (κ1) is 19.6. The lowest BCUT2D eigenvalue weighted by atomic mass is 9.87. The van der Waals surface area contributed by atoms with Gasteiger partial charge in [-0.1, -0.05) is 23.7 Å². The van der Waals surface area contributed by atoms with Crippen molar-refractivity contribution in [2.24, 2.45) is 5.92 Å². The summed E-state index contributed by atoms with van der Waals surface area (Å²) in [5.74, 6) is 0.754. The van der Waals surface area contributed by atoms with Crippen molar-refractivity contribution in [2.45, 2.75) is 38.8 Å². The minimum Gasteiger partial charge on any atom is -0.388 e. The second-order valence-electron chi connectivity index (χ2n) is 7.32. The van der Waals surface area contributed by atoms with Crippen LogP contribution in [-0.2, 0) is 0 Å². The van der Waals surface area contributed by atoms with E-state index >= 15 is 0 Å². The van der Waals surface area contributed by atoms with Crippen molar-refractivity contribution >= 4 is 23.3 Å². The molecule has 1 aromatic heterocycles. The molecule has 0 bridgehead atoms. The topological polar surface area (TPSA) is 65.5 Å². The van der Waals surface area contributed by atoms with Gasteiger partial charge in [-0.3, -0.25) is 4.79 Å². The lowest BCUT2D eigenvalue weighted by Crippen LogP contribution is -2.40. The number of aliphatic hydroxyl groups excluding tert-OH is 1. The summed E-state index contributed by atoms with van der Waals surface area (Å²) >= 11 is 5.92. The molecule has 1 aromatic carbocycles. The lowest BCUT2D eigenvalue weighted by molar-refractivity contribution is 0.0462. The molecule has 1 atom stereocenters. The molecule has 1 fully saturated rings. The van der Waals surface area contributed by atoms with Crippen molar-refractivity contribution in [1.29, 1.82) is 0 Å². The number of amides is 1. The maximum atomic E-state index is 13.0. The summed E-state index contributed by atoms with van der Waals surface area (Å²) in [7, 11) is 0. The van der Waals surface area contributed by atoms with E-state index in [4.69, 9.17) is 11.6 Å². The fourth-order valence-corrected chi connectivity index (χ4v) is 3.61. The van der Waals surface area contributed by atoms with E-state index in [1.54, 1.807) is 24.4 Å². The van der Waals surface area contributed by atoms with Gasteiger partial charge in [0.05, 0.1) is 11.7 Å². The number of aromatic nitrogens is 1. The van der Waals surface area contributed by atoms with E-state index < -0.39 is 6.10 Å². The predicted octanol–water partition coefficient (Wildman–Crippen LogP) is 4.14. The van der Waals surface area contributed by atoms with Gasteiger partial charge >= 0.3 is 0 Å². The third-order valence-electron chi connectivity index (χ3n) is 4.95. The van der Waals surface area contributed by atoms with Crippen LogP contribution in [0, 0.1) is 5.92 Å². The molecule has 1 amide bonds. The van der Waals surface area contributed by atoms with Gasteiger partial charge in [-0.15, -0.1) is 0 Å². The molecule has 27 heavy (non-hydrogen) atoms. The number of piperidine rings is 1. The standard InChI is InChI=1S/C21H26ClN3O2/c1-14(2)24-20-18(4-3-11-23-20)21(27)25-12-9-16(10-13-25)19(26)15-5-7-17(22)8-6-15/h3-8,11,14,16,19,26H,9-10,12-13H2,1-2H3,(H,23,24)/t19-/m1/s1. The van der Waals surface area contributed by atoms with Crippen molar-refractivity contribution in [3.63, 3.8) is 0 Å². The van der Waals surface area contributed by atoms with Crippen LogP contribution in [0.25, 0.3) is 0 Å². The van der Waals surface area contributed by atoms with Crippen LogP contribution in [0.1, 0.15) is 48.7 Å². The third kappa shape index (κ3) is 4.79. The summed E-state index contributed by atoms with van der Waals surface area (Å²) in [6.45, 7) is 5.30. The zero-order valence-electron chi connectivity index (χ0n) is 15.7. The molecule has 2 N–H and O–H groups in total. The first-order valence-electron chi connectivity index (χ1n) is 9.40. The predicted molar refractivity (Wildman–Crippen MR) is 108 cm³/mol. The largest absolute Gasteiger partial charge is 0.388 e. The Bertz CT molecular complexity index is 771. The third-order valence-corrected chi connectivity index (χ3v) is 5.20. The van der Waals surface area contributed by atoms with Gasteiger partial charge in [0.1, 0.15) is 5.82 Å². The molecule has 0 radical (unpaired) electrons. The Morgan fingerprint density at radius 2 is 1.89 bits per heavy atom. The van der Waals surface area contributed by atoms with Gasteiger partial charge in [0.15, 0.2) is 0 Å². The zero-order chi connectivity index (χ0) is 19.4. The highest BCUT2D eigenvalue weighted by Gasteiger charge is 2.29. The molecule has 1 aliphatic rings. The number of carbonyl (C=O) groups is 1. The Morgan fingerprint density at radius 1 is 1.22 bits per heavy atom. The fourth-order valence-electron chi connectivity index (χ4n) is 3.49. The van der Waals surface area contributed by atoms with E-state index in [-0.39, 0.29) is 17.9 Å². The van der Waals surface area contributed by atoms with E-state index in [0.29, 0.717) is 29.5 Å². The van der Waals surface area contributed by atoms with Gasteiger partial charge in [0.25, 0.3) is 5.91 Å². The molecule has 0 spiro atoms. The van der Waals surface area contributed by atoms with E-state index in [9.17, 15) is 9.90 Å². The Morgan fingerprint density at radius 3 is 2.52 bits per heavy atom. The highest BCUT2D eigenvalue weighted by molar-refractivity contribution is 6.30. The number of aliphatic hydroxyl groups is 1. The average molecular weight is 388 g/mol. The number of halogens is 1. The summed E-state index contributed by atoms with van der Waals surface area (Å²) in [6, 6.07) is 11.1. The summed E-state index contributed by atoms with van der Waals surface area (Å²) < 4.78 is 0. The van der Waals surface area contributed by atoms with Gasteiger partial charge < -0.3 is 15.3 Å². The molecule has 2 heterocycles. The van der Waals surface area contributed by atoms with E-state index in [0.717, 1.165) is 18.4 Å². The van der Waals surface area contributed by atoms with Crippen molar-refractivity contribution in [3.05, 3.63) is 58.7 Å². The Kier molecular flexibility index (Phi) is 6.34. The van der Waals surface area contributed by atoms with Gasteiger partial charge in [0.2, 0.25) is 0 Å². The zero-order valence-corrected chi connectivity index (χ0v) is 16.5. The maximum absolute atomic E-state index is 13.0. The number of anilines is 1. The monoisotopic (exact) mass is 387 g/mol. The van der Waals surface area contributed by atoms with Crippen LogP contribution < -0.4 is 5.32 Å². The van der Waals surface area contributed by atoms with Crippen LogP contribution in [0.5, 0.6) is 0 Å². The van der Waals surface area contributed by atoms with Gasteiger partial charge in [-0.2, -0.15) is 0 Å². The minimum atomic E-state index is -0.531. The van der Waals surface area contributed by atoms with Crippen LogP contribution in [0.3, 0.4) is 0 Å². The summed E-state index contributed by atoms with van der Waals surface area (Å²) in [4.78, 5) is 19.1. The summed E-state index contributed by atoms with van der Waals surface area (Å²) in [6.07, 6.45) is 2.69. The van der Waals surface area contributed by atoms with Gasteiger partial charge in [-0.25, -0.2) is 4.98 Å². The van der Waals surface area contributed by atoms with E-state index in [2.05, 4.69) is 10.3 Å². The molecule has 1 aliphatic heterocycles. The molecular formula is C21H26ClN3O2. The van der Waals surface area contributed by atoms with Crippen LogP contribution in [0.4, 0.5) is 5.82 Å². The first-order valence-corrected chi connectivity index (χ1v) is 9.78. The fraction of sp³-hybridized carbons (Fsp3) is 0.429. The van der Waals surface area contributed by atoms with E-state index in [1.165, 1.54) is 0 Å². The number of carbonyl (C=O) groups excluding carboxylic acids is 1. The van der Waals surface area contributed by atoms with Gasteiger partial charge in [0, 0.05) is 30.4 Å². The molecule has 0 aliphatic carbocycles. The van der Waals surface area contributed by atoms with Crippen LogP contribution in [0.2, 0.25) is 5.02 Å². The first-order chi connectivity index (χ1) is 13.0. The van der Waals surface area contributed by atoms with Crippen molar-refractivity contribution in [1.82, 2.24) is 9.88 Å². The average Bonchev–Trinajstić information content (AvgIpc) is 2.68. The maximum Gasteiger partial charge on any atom is 0.257 e. The van der Waals surface area contributed by atoms with Crippen molar-refractivity contribution in [2.75, 3.05) is 18.4 Å². The Hall–Kier alpha value is -2.11. The minimum absolute atomic E-state index is 0.00863. The molecule has 144 valence electrons. The van der Waals surface area contributed by atoms with E-state index in [1.807, 2.05) is 36.9 Å². The lowest BCUT2D eigenvalue weighted by Gasteiger charge is -2.34. The molecule has 0 unspecified atom stereocenters. The number of benzene rings is 1. The molecule has 5 nitrogen and oxygen atoms in total. The van der Waals surface area contributed by atoms with Crippen LogP contribution in [0.15, 0.2) is 42.6 Å². The quantitative estimate of drug-likeness (QED) is 0.809. The molecule has 1 saturated heterocycles. The molecule has 0 saturated carbocycles. The molecule has 6 heteroatoms. The second-order valence-corrected chi connectivity index (χ2v) is 7.76. The molecule has 3 rings (SSSR count). The van der Waals surface area contributed by atoms with Crippen molar-refractivity contribution < 1.29 is 9.90 Å². The summed E-state index contributed by atoms with van der Waals surface area (Å²) in [5.41, 5.74) is 1.47. The van der Waals surface area contributed by atoms with Gasteiger partial charge in [-0.05, 0) is 62.4 Å². The van der Waals surface area contributed by atoms with Crippen molar-refractivity contribution in [3.8, 4) is 0 Å². The van der Waals surface area contributed by atoms with Crippen LogP contribution in [-0.4, -0.2) is 40.0 Å². The number of nitrogens with zero attached hydrogens (tertiary/aromatic N) is 2. The van der Waals surface area contributed by atoms with Crippen LogP contribution >= 0.6 is 11.6 Å². The highest BCUT2D eigenvalue weighted by Crippen LogP contribution is 2.32.